The van der Waals surface area contributed by atoms with Crippen LogP contribution in [0.25, 0.3) is 0 Å². The van der Waals surface area contributed by atoms with Crippen molar-refractivity contribution in [2.24, 2.45) is 17.8 Å². The van der Waals surface area contributed by atoms with Gasteiger partial charge in [-0.25, -0.2) is 0 Å². The summed E-state index contributed by atoms with van der Waals surface area (Å²) >= 11 is 0. The van der Waals surface area contributed by atoms with Gasteiger partial charge < -0.3 is 5.32 Å². The van der Waals surface area contributed by atoms with Crippen LogP contribution in [-0.2, 0) is 0 Å². The number of nitrogens with one attached hydrogen (secondary N) is 1. The highest BCUT2D eigenvalue weighted by molar-refractivity contribution is 4.97. The number of hydrogen-bond donors (Lipinski definition) is 1. The molecule has 0 amide bonds. The minimum atomic E-state index is 0.337. The van der Waals surface area contributed by atoms with E-state index in [0.29, 0.717) is 5.54 Å². The monoisotopic (exact) mass is 238 g/mol. The molecule has 1 N–H and O–H groups in total. The lowest BCUT2D eigenvalue weighted by Crippen LogP contribution is -2.64. The average Bonchev–Trinajstić information content (AvgIpc) is 2.94. The van der Waals surface area contributed by atoms with E-state index < -0.39 is 0 Å². The lowest BCUT2D eigenvalue weighted by molar-refractivity contribution is 0.0554. The Bertz CT molecular complexity index is 264. The Kier molecular flexibility index (Phi) is 3.84. The van der Waals surface area contributed by atoms with E-state index >= 15 is 0 Å². The number of nitrogens with zero attached hydrogens (tertiary/aromatic N) is 1. The van der Waals surface area contributed by atoms with Crippen molar-refractivity contribution < 1.29 is 0 Å². The molecule has 1 saturated heterocycles. The highest BCUT2D eigenvalue weighted by Gasteiger charge is 2.40. The normalized spacial score (nSPS) is 43.1. The van der Waals surface area contributed by atoms with E-state index in [1.165, 1.54) is 32.5 Å². The van der Waals surface area contributed by atoms with Gasteiger partial charge in [-0.2, -0.15) is 0 Å². The SMILES string of the molecule is CCC1(C)CN(CC2CC2C)C(C(C)C)CN1. The van der Waals surface area contributed by atoms with Crippen LogP contribution in [0.5, 0.6) is 0 Å². The summed E-state index contributed by atoms with van der Waals surface area (Å²) in [6.45, 7) is 15.6. The maximum absolute atomic E-state index is 3.77. The first kappa shape index (κ1) is 13.4. The Balaban J connectivity index is 1.99. The molecule has 0 aromatic carbocycles. The topological polar surface area (TPSA) is 15.3 Å². The Hall–Kier alpha value is -0.0800. The van der Waals surface area contributed by atoms with E-state index in [2.05, 4.69) is 44.8 Å². The van der Waals surface area contributed by atoms with Crippen molar-refractivity contribution in [3.05, 3.63) is 0 Å². The van der Waals surface area contributed by atoms with Crippen LogP contribution in [0.2, 0.25) is 0 Å². The zero-order valence-electron chi connectivity index (χ0n) is 12.3. The van der Waals surface area contributed by atoms with Crippen LogP contribution in [0.4, 0.5) is 0 Å². The molecule has 0 spiro atoms. The molecule has 0 radical (unpaired) electrons. The lowest BCUT2D eigenvalue weighted by Gasteiger charge is -2.47. The second-order valence-electron chi connectivity index (χ2n) is 7.01. The molecule has 1 heterocycles. The summed E-state index contributed by atoms with van der Waals surface area (Å²) < 4.78 is 0. The molecule has 17 heavy (non-hydrogen) atoms. The van der Waals surface area contributed by atoms with Crippen LogP contribution >= 0.6 is 0 Å². The summed E-state index contributed by atoms with van der Waals surface area (Å²) in [5, 5.41) is 3.77. The maximum Gasteiger partial charge on any atom is 0.0278 e. The van der Waals surface area contributed by atoms with Crippen molar-refractivity contribution in [1.82, 2.24) is 10.2 Å². The summed E-state index contributed by atoms with van der Waals surface area (Å²) in [6, 6.07) is 0.738. The highest BCUT2D eigenvalue weighted by Crippen LogP contribution is 2.39. The van der Waals surface area contributed by atoms with Crippen LogP contribution in [0.1, 0.15) is 47.5 Å². The van der Waals surface area contributed by atoms with E-state index in [0.717, 1.165) is 23.8 Å². The van der Waals surface area contributed by atoms with Crippen molar-refractivity contribution in [2.75, 3.05) is 19.6 Å². The third kappa shape index (κ3) is 3.03. The zero-order chi connectivity index (χ0) is 12.6. The molecule has 2 nitrogen and oxygen atoms in total. The fourth-order valence-corrected chi connectivity index (χ4v) is 3.15. The molecular weight excluding hydrogens is 208 g/mol. The summed E-state index contributed by atoms with van der Waals surface area (Å²) in [6.07, 6.45) is 2.69. The van der Waals surface area contributed by atoms with E-state index in [1.54, 1.807) is 0 Å². The molecule has 0 bridgehead atoms. The first-order valence-electron chi connectivity index (χ1n) is 7.44. The van der Waals surface area contributed by atoms with Gasteiger partial charge in [0.05, 0.1) is 0 Å². The molecule has 4 atom stereocenters. The van der Waals surface area contributed by atoms with Gasteiger partial charge >= 0.3 is 0 Å². The molecule has 2 aliphatic rings. The minimum absolute atomic E-state index is 0.337. The third-order valence-electron chi connectivity index (χ3n) is 5.05. The van der Waals surface area contributed by atoms with Gasteiger partial charge in [0.1, 0.15) is 0 Å². The van der Waals surface area contributed by atoms with Crippen LogP contribution in [0.15, 0.2) is 0 Å². The predicted octanol–water partition coefficient (Wildman–Crippen LogP) is 2.74. The van der Waals surface area contributed by atoms with E-state index in [-0.39, 0.29) is 0 Å². The van der Waals surface area contributed by atoms with Gasteiger partial charge in [-0.05, 0) is 37.5 Å². The Morgan fingerprint density at radius 3 is 2.53 bits per heavy atom. The van der Waals surface area contributed by atoms with Crippen molar-refractivity contribution in [1.29, 1.82) is 0 Å². The van der Waals surface area contributed by atoms with Crippen molar-refractivity contribution in [2.45, 2.75) is 59.0 Å². The van der Waals surface area contributed by atoms with Crippen molar-refractivity contribution >= 4 is 0 Å². The molecule has 2 heteroatoms. The second-order valence-corrected chi connectivity index (χ2v) is 7.01. The number of rotatable bonds is 4. The molecule has 4 unspecified atom stereocenters. The van der Waals surface area contributed by atoms with Gasteiger partial charge in [0.15, 0.2) is 0 Å². The second kappa shape index (κ2) is 4.89. The first-order chi connectivity index (χ1) is 7.95. The van der Waals surface area contributed by atoms with Crippen molar-refractivity contribution in [3.63, 3.8) is 0 Å². The Labute approximate surface area is 107 Å². The first-order valence-corrected chi connectivity index (χ1v) is 7.44. The summed E-state index contributed by atoms with van der Waals surface area (Å²) in [5.41, 5.74) is 0.337. The molecule has 1 aliphatic carbocycles. The molecule has 1 aliphatic heterocycles. The van der Waals surface area contributed by atoms with Gasteiger partial charge in [-0.1, -0.05) is 27.7 Å². The van der Waals surface area contributed by atoms with E-state index in [9.17, 15) is 0 Å². The van der Waals surface area contributed by atoms with Crippen LogP contribution < -0.4 is 5.32 Å². The largest absolute Gasteiger partial charge is 0.309 e. The fraction of sp³-hybridized carbons (Fsp3) is 1.00. The Morgan fingerprint density at radius 2 is 2.06 bits per heavy atom. The van der Waals surface area contributed by atoms with Gasteiger partial charge in [-0.3, -0.25) is 4.90 Å². The predicted molar refractivity (Wildman–Crippen MR) is 74.2 cm³/mol. The minimum Gasteiger partial charge on any atom is -0.309 e. The Morgan fingerprint density at radius 1 is 1.41 bits per heavy atom. The maximum atomic E-state index is 3.77. The third-order valence-corrected chi connectivity index (χ3v) is 5.05. The standard InChI is InChI=1S/C15H30N2/c1-6-15(5)10-17(9-13-7-12(13)4)14(8-16-15)11(2)3/h11-14,16H,6-10H2,1-5H3. The summed E-state index contributed by atoms with van der Waals surface area (Å²) in [4.78, 5) is 2.78. The molecular formula is C15H30N2. The van der Waals surface area contributed by atoms with E-state index in [4.69, 9.17) is 0 Å². The van der Waals surface area contributed by atoms with Crippen molar-refractivity contribution in [3.8, 4) is 0 Å². The molecule has 100 valence electrons. The molecule has 1 saturated carbocycles. The zero-order valence-corrected chi connectivity index (χ0v) is 12.3. The smallest absolute Gasteiger partial charge is 0.0278 e. The van der Waals surface area contributed by atoms with Gasteiger partial charge in [0.2, 0.25) is 0 Å². The number of piperazine rings is 1. The molecule has 0 aromatic heterocycles. The lowest BCUT2D eigenvalue weighted by atomic mass is 9.89. The van der Waals surface area contributed by atoms with Crippen LogP contribution in [0.3, 0.4) is 0 Å². The summed E-state index contributed by atoms with van der Waals surface area (Å²) in [5.74, 6) is 2.72. The van der Waals surface area contributed by atoms with Gasteiger partial charge in [0.25, 0.3) is 0 Å². The van der Waals surface area contributed by atoms with Gasteiger partial charge in [0, 0.05) is 31.2 Å². The molecule has 2 rings (SSSR count). The summed E-state index contributed by atoms with van der Waals surface area (Å²) in [7, 11) is 0. The highest BCUT2D eigenvalue weighted by atomic mass is 15.3. The van der Waals surface area contributed by atoms with Crippen LogP contribution in [-0.4, -0.2) is 36.1 Å². The fourth-order valence-electron chi connectivity index (χ4n) is 3.15. The molecule has 2 fully saturated rings. The average molecular weight is 238 g/mol. The van der Waals surface area contributed by atoms with Crippen LogP contribution in [0, 0.1) is 17.8 Å². The van der Waals surface area contributed by atoms with Gasteiger partial charge in [-0.15, -0.1) is 0 Å². The number of hydrogen-bond acceptors (Lipinski definition) is 2. The molecule has 0 aromatic rings. The van der Waals surface area contributed by atoms with E-state index in [1.807, 2.05) is 0 Å². The quantitative estimate of drug-likeness (QED) is 0.810.